The van der Waals surface area contributed by atoms with Crippen LogP contribution >= 0.6 is 0 Å². The highest BCUT2D eigenvalue weighted by Gasteiger charge is 2.26. The molecule has 1 aliphatic rings. The van der Waals surface area contributed by atoms with E-state index in [0.717, 1.165) is 13.0 Å². The molecule has 0 aromatic heterocycles. The standard InChI is InChI=1S/C11H23NO2/c1-3-14-9-11(2,13)8-10-6-4-5-7-12-10/h10,12-13H,3-9H2,1-2H3. The molecule has 0 spiro atoms. The van der Waals surface area contributed by atoms with E-state index in [1.807, 2.05) is 13.8 Å². The van der Waals surface area contributed by atoms with E-state index in [4.69, 9.17) is 4.74 Å². The number of hydrogen-bond donors (Lipinski definition) is 2. The van der Waals surface area contributed by atoms with Crippen LogP contribution in [0, 0.1) is 0 Å². The van der Waals surface area contributed by atoms with Crippen LogP contribution in [0.1, 0.15) is 39.5 Å². The van der Waals surface area contributed by atoms with Crippen molar-refractivity contribution in [3.8, 4) is 0 Å². The van der Waals surface area contributed by atoms with Crippen LogP contribution in [0.2, 0.25) is 0 Å². The van der Waals surface area contributed by atoms with Crippen LogP contribution < -0.4 is 5.32 Å². The van der Waals surface area contributed by atoms with Gasteiger partial charge in [0.25, 0.3) is 0 Å². The molecule has 1 aliphatic heterocycles. The first-order chi connectivity index (χ1) is 6.64. The quantitative estimate of drug-likeness (QED) is 0.704. The summed E-state index contributed by atoms with van der Waals surface area (Å²) in [5, 5.41) is 13.5. The Balaban J connectivity index is 2.25. The molecule has 0 aromatic rings. The molecule has 84 valence electrons. The van der Waals surface area contributed by atoms with Crippen LogP contribution in [0.5, 0.6) is 0 Å². The molecule has 3 heteroatoms. The Morgan fingerprint density at radius 1 is 1.50 bits per heavy atom. The van der Waals surface area contributed by atoms with Gasteiger partial charge in [0.05, 0.1) is 12.2 Å². The lowest BCUT2D eigenvalue weighted by molar-refractivity contribution is -0.0427. The first kappa shape index (κ1) is 12.0. The SMILES string of the molecule is CCOCC(C)(O)CC1CCCCN1. The summed E-state index contributed by atoms with van der Waals surface area (Å²) in [6.45, 7) is 6.03. The average molecular weight is 201 g/mol. The summed E-state index contributed by atoms with van der Waals surface area (Å²) in [5.41, 5.74) is -0.676. The molecule has 0 bridgehead atoms. The van der Waals surface area contributed by atoms with Crippen LogP contribution in [-0.2, 0) is 4.74 Å². The highest BCUT2D eigenvalue weighted by Crippen LogP contribution is 2.18. The molecule has 2 unspecified atom stereocenters. The normalized spacial score (nSPS) is 27.2. The van der Waals surface area contributed by atoms with Crippen molar-refractivity contribution in [2.24, 2.45) is 0 Å². The van der Waals surface area contributed by atoms with Gasteiger partial charge in [-0.3, -0.25) is 0 Å². The zero-order valence-corrected chi connectivity index (χ0v) is 9.38. The highest BCUT2D eigenvalue weighted by molar-refractivity contribution is 4.82. The van der Waals surface area contributed by atoms with E-state index in [0.29, 0.717) is 19.3 Å². The van der Waals surface area contributed by atoms with Crippen molar-refractivity contribution in [1.29, 1.82) is 0 Å². The van der Waals surface area contributed by atoms with E-state index >= 15 is 0 Å². The molecule has 0 aromatic carbocycles. The molecule has 14 heavy (non-hydrogen) atoms. The molecule has 1 rings (SSSR count). The van der Waals surface area contributed by atoms with Crippen LogP contribution in [-0.4, -0.2) is 36.5 Å². The molecule has 1 fully saturated rings. The van der Waals surface area contributed by atoms with Gasteiger partial charge in [-0.15, -0.1) is 0 Å². The van der Waals surface area contributed by atoms with E-state index in [9.17, 15) is 5.11 Å². The number of nitrogens with one attached hydrogen (secondary N) is 1. The van der Waals surface area contributed by atoms with Crippen molar-refractivity contribution < 1.29 is 9.84 Å². The van der Waals surface area contributed by atoms with Gasteiger partial charge in [-0.2, -0.15) is 0 Å². The van der Waals surface area contributed by atoms with Gasteiger partial charge in [0.2, 0.25) is 0 Å². The second-order valence-corrected chi connectivity index (χ2v) is 4.49. The Morgan fingerprint density at radius 3 is 2.86 bits per heavy atom. The average Bonchev–Trinajstić information content (AvgIpc) is 2.16. The van der Waals surface area contributed by atoms with Crippen molar-refractivity contribution >= 4 is 0 Å². The minimum absolute atomic E-state index is 0.446. The minimum Gasteiger partial charge on any atom is -0.388 e. The van der Waals surface area contributed by atoms with E-state index in [1.54, 1.807) is 0 Å². The fraction of sp³-hybridized carbons (Fsp3) is 1.00. The lowest BCUT2D eigenvalue weighted by Crippen LogP contribution is -2.43. The Hall–Kier alpha value is -0.120. The topological polar surface area (TPSA) is 41.5 Å². The van der Waals surface area contributed by atoms with Crippen LogP contribution in [0.25, 0.3) is 0 Å². The minimum atomic E-state index is -0.676. The summed E-state index contributed by atoms with van der Waals surface area (Å²) < 4.78 is 5.26. The monoisotopic (exact) mass is 201 g/mol. The molecule has 0 aliphatic carbocycles. The summed E-state index contributed by atoms with van der Waals surface area (Å²) in [6, 6.07) is 0.471. The maximum Gasteiger partial charge on any atom is 0.0867 e. The maximum atomic E-state index is 10.0. The molecular formula is C11H23NO2. The fourth-order valence-corrected chi connectivity index (χ4v) is 2.01. The van der Waals surface area contributed by atoms with Gasteiger partial charge in [-0.1, -0.05) is 6.42 Å². The molecule has 1 saturated heterocycles. The molecule has 3 nitrogen and oxygen atoms in total. The first-order valence-electron chi connectivity index (χ1n) is 5.67. The van der Waals surface area contributed by atoms with E-state index in [-0.39, 0.29) is 0 Å². The van der Waals surface area contributed by atoms with Gasteiger partial charge < -0.3 is 15.2 Å². The number of piperidine rings is 1. The summed E-state index contributed by atoms with van der Waals surface area (Å²) in [4.78, 5) is 0. The lowest BCUT2D eigenvalue weighted by Gasteiger charge is -2.31. The first-order valence-corrected chi connectivity index (χ1v) is 5.67. The van der Waals surface area contributed by atoms with E-state index < -0.39 is 5.60 Å². The smallest absolute Gasteiger partial charge is 0.0867 e. The third-order valence-corrected chi connectivity index (χ3v) is 2.72. The molecule has 0 radical (unpaired) electrons. The molecular weight excluding hydrogens is 178 g/mol. The Labute approximate surface area is 86.8 Å². The van der Waals surface area contributed by atoms with Gasteiger partial charge >= 0.3 is 0 Å². The molecule has 0 saturated carbocycles. The molecule has 2 N–H and O–H groups in total. The molecule has 2 atom stereocenters. The summed E-state index contributed by atoms with van der Waals surface area (Å²) >= 11 is 0. The number of aliphatic hydroxyl groups is 1. The van der Waals surface area contributed by atoms with Crippen LogP contribution in [0.4, 0.5) is 0 Å². The van der Waals surface area contributed by atoms with Crippen LogP contribution in [0.3, 0.4) is 0 Å². The van der Waals surface area contributed by atoms with Gasteiger partial charge in [0.15, 0.2) is 0 Å². The fourth-order valence-electron chi connectivity index (χ4n) is 2.01. The summed E-state index contributed by atoms with van der Waals surface area (Å²) in [5.74, 6) is 0. The van der Waals surface area contributed by atoms with Crippen molar-refractivity contribution in [1.82, 2.24) is 5.32 Å². The van der Waals surface area contributed by atoms with Gasteiger partial charge in [0, 0.05) is 12.6 Å². The van der Waals surface area contributed by atoms with E-state index in [1.165, 1.54) is 19.3 Å². The van der Waals surface area contributed by atoms with Crippen molar-refractivity contribution in [3.63, 3.8) is 0 Å². The maximum absolute atomic E-state index is 10.0. The third-order valence-electron chi connectivity index (χ3n) is 2.72. The predicted molar refractivity (Wildman–Crippen MR) is 57.4 cm³/mol. The van der Waals surface area contributed by atoms with Crippen molar-refractivity contribution in [3.05, 3.63) is 0 Å². The van der Waals surface area contributed by atoms with Gasteiger partial charge in [-0.05, 0) is 39.7 Å². The second kappa shape index (κ2) is 5.69. The van der Waals surface area contributed by atoms with Crippen molar-refractivity contribution in [2.45, 2.75) is 51.2 Å². The summed E-state index contributed by atoms with van der Waals surface area (Å²) in [6.07, 6.45) is 4.53. The third kappa shape index (κ3) is 4.40. The Kier molecular flexibility index (Phi) is 4.85. The second-order valence-electron chi connectivity index (χ2n) is 4.49. The number of hydrogen-bond acceptors (Lipinski definition) is 3. The van der Waals surface area contributed by atoms with E-state index in [2.05, 4.69) is 5.32 Å². The van der Waals surface area contributed by atoms with Crippen LogP contribution in [0.15, 0.2) is 0 Å². The Morgan fingerprint density at radius 2 is 2.29 bits per heavy atom. The zero-order chi connectivity index (χ0) is 10.4. The highest BCUT2D eigenvalue weighted by atomic mass is 16.5. The predicted octanol–water partition coefficient (Wildman–Crippen LogP) is 1.31. The number of rotatable bonds is 5. The summed E-state index contributed by atoms with van der Waals surface area (Å²) in [7, 11) is 0. The Bertz CT molecular complexity index is 153. The largest absolute Gasteiger partial charge is 0.388 e. The lowest BCUT2D eigenvalue weighted by atomic mass is 9.92. The van der Waals surface area contributed by atoms with Gasteiger partial charge in [-0.25, -0.2) is 0 Å². The zero-order valence-electron chi connectivity index (χ0n) is 9.38. The van der Waals surface area contributed by atoms with Gasteiger partial charge in [0.1, 0.15) is 0 Å². The molecule has 0 amide bonds. The number of ether oxygens (including phenoxy) is 1. The molecule has 1 heterocycles. The van der Waals surface area contributed by atoms with Crippen molar-refractivity contribution in [2.75, 3.05) is 19.8 Å².